The Kier molecular flexibility index (Phi) is 18.6. The van der Waals surface area contributed by atoms with E-state index in [1.807, 2.05) is 57.1 Å². The lowest BCUT2D eigenvalue weighted by Gasteiger charge is -2.50. The normalized spacial score (nSPS) is 46.5. The smallest absolute Gasteiger partial charge is 0.308 e. The van der Waals surface area contributed by atoms with Crippen LogP contribution in [0.5, 0.6) is 0 Å². The number of cyclic esters (lactones) is 1. The van der Waals surface area contributed by atoms with Gasteiger partial charge in [-0.2, -0.15) is 0 Å². The maximum atomic E-state index is 13.1. The van der Waals surface area contributed by atoms with Gasteiger partial charge in [0.25, 0.3) is 0 Å². The van der Waals surface area contributed by atoms with Crippen LogP contribution in [-0.4, -0.2) is 175 Å². The number of esters is 1. The lowest BCUT2D eigenvalue weighted by molar-refractivity contribution is -0.344. The first-order valence-corrected chi connectivity index (χ1v) is 21.4. The zero-order valence-electron chi connectivity index (χ0n) is 37.0. The van der Waals surface area contributed by atoms with Gasteiger partial charge in [0.1, 0.15) is 30.5 Å². The van der Waals surface area contributed by atoms with Gasteiger partial charge in [0, 0.05) is 26.0 Å². The number of hydrogen-bond acceptors (Lipinski definition) is 15. The maximum Gasteiger partial charge on any atom is 0.308 e. The summed E-state index contributed by atoms with van der Waals surface area (Å²) in [6, 6.07) is -0.356. The average molecular weight is 829 g/mol. The van der Waals surface area contributed by atoms with Crippen molar-refractivity contribution in [2.45, 2.75) is 197 Å². The van der Waals surface area contributed by atoms with Crippen LogP contribution in [0.15, 0.2) is 24.3 Å². The summed E-state index contributed by atoms with van der Waals surface area (Å²) in [5.41, 5.74) is -1.44. The summed E-state index contributed by atoms with van der Waals surface area (Å²) < 4.78 is 50.4. The number of allylic oxidation sites excluding steroid dienone is 2. The van der Waals surface area contributed by atoms with Crippen molar-refractivity contribution in [2.75, 3.05) is 35.3 Å². The van der Waals surface area contributed by atoms with Crippen LogP contribution in [0.2, 0.25) is 0 Å². The fraction of sp³-hybridized carbons (Fsp3) is 0.884. The quantitative estimate of drug-likeness (QED) is 0.236. The van der Waals surface area contributed by atoms with E-state index in [9.17, 15) is 25.2 Å². The molecule has 19 atom stereocenters. The molecule has 58 heavy (non-hydrogen) atoms. The van der Waals surface area contributed by atoms with Crippen LogP contribution >= 0.6 is 0 Å². The molecule has 15 nitrogen and oxygen atoms in total. The Bertz CT molecular complexity index is 1320. The zero-order valence-corrected chi connectivity index (χ0v) is 37.0. The summed E-state index contributed by atoms with van der Waals surface area (Å²) in [5, 5.41) is 45.1. The minimum atomic E-state index is -1.44. The third-order valence-electron chi connectivity index (χ3n) is 12.5. The molecule has 4 aliphatic rings. The summed E-state index contributed by atoms with van der Waals surface area (Å²) in [4.78, 5) is 17.1. The van der Waals surface area contributed by atoms with Crippen molar-refractivity contribution in [1.29, 1.82) is 0 Å². The Labute approximate surface area is 346 Å². The highest BCUT2D eigenvalue weighted by atomic mass is 16.7. The Hall–Kier alpha value is -1.57. The summed E-state index contributed by atoms with van der Waals surface area (Å²) in [6.45, 7) is 13.1. The van der Waals surface area contributed by atoms with Crippen LogP contribution in [-0.2, 0) is 42.7 Å². The van der Waals surface area contributed by atoms with Crippen molar-refractivity contribution in [2.24, 2.45) is 11.8 Å². The zero-order chi connectivity index (χ0) is 43.1. The summed E-state index contributed by atoms with van der Waals surface area (Å²) in [7, 11) is 9.24. The number of likely N-dealkylation sites (N-methyl/N-ethyl adjacent to an activating group) is 2. The fourth-order valence-corrected chi connectivity index (χ4v) is 9.15. The van der Waals surface area contributed by atoms with Gasteiger partial charge in [-0.3, -0.25) is 4.79 Å². The molecule has 4 N–H and O–H groups in total. The van der Waals surface area contributed by atoms with Gasteiger partial charge in [-0.1, -0.05) is 44.6 Å². The maximum absolute atomic E-state index is 13.1. The molecule has 0 radical (unpaired) electrons. The Morgan fingerprint density at radius 3 is 2.14 bits per heavy atom. The first kappa shape index (κ1) is 49.1. The molecular weight excluding hydrogens is 752 g/mol. The average Bonchev–Trinajstić information content (AvgIpc) is 3.13. The first-order valence-electron chi connectivity index (χ1n) is 21.4. The van der Waals surface area contributed by atoms with E-state index in [2.05, 4.69) is 32.8 Å². The standard InChI is InChI=1S/C43H76N2O13/c1-13-29-21-24(2)32(56-34-20-19-30(44(8)9)26(4)53-34)18-16-14-15-17-25(3)52-33(47)22-31(46)40(51-12)39(29)58-42-37(48)36(45(10)11)38(27(5)55-42)57-35-23-43(7,50)41(49)28(6)54-35/h14-16,18,24-32,34-42,46,48-50H,13,17,19-23H2,1-12H3/b15-14+,18-16+/t24-,25-,26-,27-,28+,29?,30+,31-,32+,34+,35+,36-,37-,38-,39+,40+,41+,42+,43-/m1/s1. The number of aliphatic hydroxyl groups is 4. The molecule has 0 aliphatic carbocycles. The van der Waals surface area contributed by atoms with Gasteiger partial charge >= 0.3 is 5.97 Å². The van der Waals surface area contributed by atoms with Gasteiger partial charge in [0.15, 0.2) is 18.9 Å². The second-order valence-electron chi connectivity index (χ2n) is 17.8. The molecule has 0 aromatic heterocycles. The molecule has 3 fully saturated rings. The third kappa shape index (κ3) is 12.7. The molecule has 0 bridgehead atoms. The number of nitrogens with zero attached hydrogens (tertiary/aromatic N) is 2. The number of aliphatic hydroxyl groups excluding tert-OH is 3. The number of carbonyl (C=O) groups excluding carboxylic acids is 1. The highest BCUT2D eigenvalue weighted by Gasteiger charge is 2.51. The number of carbonyl (C=O) groups is 1. The van der Waals surface area contributed by atoms with Crippen molar-refractivity contribution in [1.82, 2.24) is 9.80 Å². The highest BCUT2D eigenvalue weighted by Crippen LogP contribution is 2.37. The van der Waals surface area contributed by atoms with Crippen molar-refractivity contribution in [3.8, 4) is 0 Å². The number of ether oxygens (including phenoxy) is 8. The number of hydrogen-bond donors (Lipinski definition) is 4. The third-order valence-corrected chi connectivity index (χ3v) is 12.5. The lowest BCUT2D eigenvalue weighted by Crippen LogP contribution is -2.65. The summed E-state index contributed by atoms with van der Waals surface area (Å²) >= 11 is 0. The van der Waals surface area contributed by atoms with Crippen molar-refractivity contribution >= 4 is 5.97 Å². The topological polar surface area (TPSA) is 178 Å². The van der Waals surface area contributed by atoms with Crippen LogP contribution in [0.1, 0.15) is 93.4 Å². The second-order valence-corrected chi connectivity index (χ2v) is 17.8. The highest BCUT2D eigenvalue weighted by molar-refractivity contribution is 5.70. The molecule has 0 aromatic rings. The second kappa shape index (κ2) is 22.0. The summed E-state index contributed by atoms with van der Waals surface area (Å²) in [6.07, 6.45) is 0.174. The van der Waals surface area contributed by atoms with Crippen LogP contribution in [0.4, 0.5) is 0 Å². The summed E-state index contributed by atoms with van der Waals surface area (Å²) in [5.74, 6) is -0.888. The van der Waals surface area contributed by atoms with E-state index >= 15 is 0 Å². The van der Waals surface area contributed by atoms with Crippen LogP contribution in [0, 0.1) is 11.8 Å². The van der Waals surface area contributed by atoms with Crippen molar-refractivity contribution < 1.29 is 63.1 Å². The molecule has 0 saturated carbocycles. The molecule has 0 spiro atoms. The van der Waals surface area contributed by atoms with E-state index in [0.29, 0.717) is 25.3 Å². The van der Waals surface area contributed by atoms with E-state index < -0.39 is 85.1 Å². The van der Waals surface area contributed by atoms with Crippen molar-refractivity contribution in [3.63, 3.8) is 0 Å². The van der Waals surface area contributed by atoms with E-state index in [1.54, 1.807) is 20.8 Å². The number of rotatable bonds is 10. The van der Waals surface area contributed by atoms with E-state index in [4.69, 9.17) is 37.9 Å². The van der Waals surface area contributed by atoms with Crippen molar-refractivity contribution in [3.05, 3.63) is 24.3 Å². The SMILES string of the molecule is CCC1C[C@@H](C)[C@@H](O[C@H]2CC[C@H](N(C)C)[C@@H](C)O2)/C=C/C=C/C[C@@H](C)OC(=O)C[C@@H](O)[C@H](OC)[C@H]1O[C@@H]1O[C@H](C)[C@@H](O[C@H]2C[C@@](C)(O)[C@@H](O)[C@H](C)O2)[C@H](N(C)C)[C@H]1O. The Morgan fingerprint density at radius 2 is 1.53 bits per heavy atom. The molecular formula is C43H76N2O13. The minimum Gasteiger partial charge on any atom is -0.462 e. The predicted octanol–water partition coefficient (Wildman–Crippen LogP) is 3.15. The van der Waals surface area contributed by atoms with E-state index in [1.165, 1.54) is 7.11 Å². The van der Waals surface area contributed by atoms with Crippen LogP contribution in [0.25, 0.3) is 0 Å². The Balaban J connectivity index is 1.63. The van der Waals surface area contributed by atoms with Gasteiger partial charge in [-0.15, -0.1) is 0 Å². The number of methoxy groups -OCH3 is 1. The molecule has 15 heteroatoms. The minimum absolute atomic E-state index is 0.00438. The van der Waals surface area contributed by atoms with Crippen LogP contribution in [0.3, 0.4) is 0 Å². The van der Waals surface area contributed by atoms with E-state index in [0.717, 1.165) is 12.8 Å². The molecule has 336 valence electrons. The van der Waals surface area contributed by atoms with Gasteiger partial charge in [0.05, 0.1) is 54.7 Å². The van der Waals surface area contributed by atoms with Gasteiger partial charge in [-0.05, 0) is 93.9 Å². The van der Waals surface area contributed by atoms with Crippen LogP contribution < -0.4 is 0 Å². The molecule has 0 aromatic carbocycles. The first-order chi connectivity index (χ1) is 27.3. The van der Waals surface area contributed by atoms with Gasteiger partial charge in [0.2, 0.25) is 0 Å². The van der Waals surface area contributed by atoms with Gasteiger partial charge in [-0.25, -0.2) is 0 Å². The molecule has 0 amide bonds. The van der Waals surface area contributed by atoms with Gasteiger partial charge < -0.3 is 68.1 Å². The molecule has 4 heterocycles. The Morgan fingerprint density at radius 1 is 0.845 bits per heavy atom. The lowest BCUT2D eigenvalue weighted by atomic mass is 9.82. The monoisotopic (exact) mass is 829 g/mol. The fourth-order valence-electron chi connectivity index (χ4n) is 9.15. The molecule has 1 unspecified atom stereocenters. The molecule has 3 saturated heterocycles. The largest absolute Gasteiger partial charge is 0.462 e. The van der Waals surface area contributed by atoms with E-state index in [-0.39, 0.29) is 43.2 Å². The molecule has 4 rings (SSSR count). The molecule has 4 aliphatic heterocycles. The predicted molar refractivity (Wildman–Crippen MR) is 216 cm³/mol.